The standard InChI is InChI=1S/C18H37N5O.HI/c1-6-15(7-2)13-20-18(19-8-3)21-16-9-11-23(12-10-16)14-17(24)22(4)5;/h15-16H,6-14H2,1-5H3,(H2,19,20,21);1H. The summed E-state index contributed by atoms with van der Waals surface area (Å²) in [5.74, 6) is 1.79. The second kappa shape index (κ2) is 13.6. The van der Waals surface area contributed by atoms with Crippen LogP contribution in [0.5, 0.6) is 0 Å². The van der Waals surface area contributed by atoms with Gasteiger partial charge in [0.15, 0.2) is 5.96 Å². The molecule has 1 rings (SSSR count). The number of aliphatic imine (C=N–C) groups is 1. The Kier molecular flexibility index (Phi) is 13.3. The fraction of sp³-hybridized carbons (Fsp3) is 0.889. The first-order valence-corrected chi connectivity index (χ1v) is 9.47. The first-order chi connectivity index (χ1) is 11.5. The van der Waals surface area contributed by atoms with Crippen molar-refractivity contribution in [2.75, 3.05) is 46.8 Å². The summed E-state index contributed by atoms with van der Waals surface area (Å²) in [5, 5.41) is 6.93. The fourth-order valence-electron chi connectivity index (χ4n) is 2.85. The third-order valence-corrected chi connectivity index (χ3v) is 4.79. The molecule has 0 atom stereocenters. The van der Waals surface area contributed by atoms with Gasteiger partial charge in [0, 0.05) is 46.3 Å². The highest BCUT2D eigenvalue weighted by Crippen LogP contribution is 2.11. The van der Waals surface area contributed by atoms with E-state index in [2.05, 4.69) is 36.3 Å². The summed E-state index contributed by atoms with van der Waals surface area (Å²) in [7, 11) is 3.63. The molecule has 7 heteroatoms. The third-order valence-electron chi connectivity index (χ3n) is 4.79. The number of amides is 1. The molecule has 1 aliphatic heterocycles. The summed E-state index contributed by atoms with van der Waals surface area (Å²) in [6.45, 7) is 10.8. The van der Waals surface area contributed by atoms with Crippen LogP contribution < -0.4 is 10.6 Å². The number of halogens is 1. The highest BCUT2D eigenvalue weighted by atomic mass is 127. The van der Waals surface area contributed by atoms with Crippen molar-refractivity contribution in [2.24, 2.45) is 10.9 Å². The molecule has 1 saturated heterocycles. The molecule has 0 bridgehead atoms. The van der Waals surface area contributed by atoms with E-state index in [1.54, 1.807) is 4.90 Å². The first-order valence-electron chi connectivity index (χ1n) is 9.47. The molecule has 6 nitrogen and oxygen atoms in total. The monoisotopic (exact) mass is 467 g/mol. The van der Waals surface area contributed by atoms with E-state index >= 15 is 0 Å². The van der Waals surface area contributed by atoms with E-state index in [4.69, 9.17) is 4.99 Å². The van der Waals surface area contributed by atoms with Gasteiger partial charge >= 0.3 is 0 Å². The van der Waals surface area contributed by atoms with E-state index in [0.717, 1.165) is 45.0 Å². The van der Waals surface area contributed by atoms with Crippen LogP contribution in [-0.2, 0) is 4.79 Å². The van der Waals surface area contributed by atoms with Crippen molar-refractivity contribution < 1.29 is 4.79 Å². The van der Waals surface area contributed by atoms with E-state index in [1.807, 2.05) is 14.1 Å². The van der Waals surface area contributed by atoms with Crippen LogP contribution in [0.2, 0.25) is 0 Å². The normalized spacial score (nSPS) is 16.5. The second-order valence-electron chi connectivity index (χ2n) is 6.89. The van der Waals surface area contributed by atoms with Crippen molar-refractivity contribution >= 4 is 35.8 Å². The first kappa shape index (κ1) is 24.4. The van der Waals surface area contributed by atoms with Crippen LogP contribution in [-0.4, -0.2) is 74.5 Å². The number of guanidine groups is 1. The summed E-state index contributed by atoms with van der Waals surface area (Å²) < 4.78 is 0. The SMILES string of the molecule is CCNC(=NCC(CC)CC)NC1CCN(CC(=O)N(C)C)CC1.I. The van der Waals surface area contributed by atoms with Crippen LogP contribution >= 0.6 is 24.0 Å². The van der Waals surface area contributed by atoms with Gasteiger partial charge in [-0.25, -0.2) is 0 Å². The van der Waals surface area contributed by atoms with Crippen LogP contribution in [0.1, 0.15) is 46.5 Å². The zero-order valence-corrected chi connectivity index (χ0v) is 19.0. The zero-order chi connectivity index (χ0) is 17.9. The van der Waals surface area contributed by atoms with Gasteiger partial charge in [-0.15, -0.1) is 24.0 Å². The predicted octanol–water partition coefficient (Wildman–Crippen LogP) is 2.15. The number of likely N-dealkylation sites (tertiary alicyclic amines) is 1. The van der Waals surface area contributed by atoms with Crippen LogP contribution in [0.25, 0.3) is 0 Å². The highest BCUT2D eigenvalue weighted by molar-refractivity contribution is 14.0. The third kappa shape index (κ3) is 9.63. The zero-order valence-electron chi connectivity index (χ0n) is 16.7. The molecule has 0 aromatic rings. The van der Waals surface area contributed by atoms with Crippen molar-refractivity contribution in [3.63, 3.8) is 0 Å². The van der Waals surface area contributed by atoms with Gasteiger partial charge < -0.3 is 15.5 Å². The Morgan fingerprint density at radius 3 is 2.28 bits per heavy atom. The van der Waals surface area contributed by atoms with Gasteiger partial charge in [0.25, 0.3) is 0 Å². The lowest BCUT2D eigenvalue weighted by atomic mass is 10.0. The Morgan fingerprint density at radius 1 is 1.20 bits per heavy atom. The maximum Gasteiger partial charge on any atom is 0.236 e. The number of likely N-dealkylation sites (N-methyl/N-ethyl adjacent to an activating group) is 1. The van der Waals surface area contributed by atoms with Crippen LogP contribution in [0, 0.1) is 5.92 Å². The van der Waals surface area contributed by atoms with E-state index in [9.17, 15) is 4.79 Å². The number of carbonyl (C=O) groups excluding carboxylic acids is 1. The number of hydrogen-bond acceptors (Lipinski definition) is 3. The van der Waals surface area contributed by atoms with Gasteiger partial charge in [-0.2, -0.15) is 0 Å². The smallest absolute Gasteiger partial charge is 0.236 e. The number of nitrogens with zero attached hydrogens (tertiary/aromatic N) is 3. The lowest BCUT2D eigenvalue weighted by Crippen LogP contribution is -2.50. The molecule has 0 aliphatic carbocycles. The maximum atomic E-state index is 11.8. The van der Waals surface area contributed by atoms with Gasteiger partial charge in [0.2, 0.25) is 5.91 Å². The molecule has 1 fully saturated rings. The van der Waals surface area contributed by atoms with Gasteiger partial charge in [0.05, 0.1) is 6.54 Å². The molecular formula is C18H38IN5O. The molecule has 0 saturated carbocycles. The highest BCUT2D eigenvalue weighted by Gasteiger charge is 2.22. The predicted molar refractivity (Wildman–Crippen MR) is 117 cm³/mol. The minimum Gasteiger partial charge on any atom is -0.357 e. The minimum atomic E-state index is 0. The largest absolute Gasteiger partial charge is 0.357 e. The topological polar surface area (TPSA) is 60.0 Å². The van der Waals surface area contributed by atoms with Crippen molar-refractivity contribution in [3.05, 3.63) is 0 Å². The Labute approximate surface area is 171 Å². The summed E-state index contributed by atoms with van der Waals surface area (Å²) in [4.78, 5) is 20.5. The quantitative estimate of drug-likeness (QED) is 0.326. The van der Waals surface area contributed by atoms with E-state index < -0.39 is 0 Å². The molecule has 25 heavy (non-hydrogen) atoms. The van der Waals surface area contributed by atoms with Crippen LogP contribution in [0.3, 0.4) is 0 Å². The number of rotatable bonds is 8. The molecular weight excluding hydrogens is 429 g/mol. The molecule has 0 aromatic carbocycles. The van der Waals surface area contributed by atoms with E-state index in [-0.39, 0.29) is 29.9 Å². The second-order valence-corrected chi connectivity index (χ2v) is 6.89. The van der Waals surface area contributed by atoms with Crippen molar-refractivity contribution in [3.8, 4) is 0 Å². The van der Waals surface area contributed by atoms with Crippen LogP contribution in [0.15, 0.2) is 4.99 Å². The average molecular weight is 467 g/mol. The number of hydrogen-bond donors (Lipinski definition) is 2. The number of carbonyl (C=O) groups is 1. The van der Waals surface area contributed by atoms with Gasteiger partial charge in [-0.05, 0) is 25.7 Å². The molecule has 1 heterocycles. The summed E-state index contributed by atoms with van der Waals surface area (Å²) in [5.41, 5.74) is 0. The van der Waals surface area contributed by atoms with Crippen molar-refractivity contribution in [1.82, 2.24) is 20.4 Å². The Balaban J connectivity index is 0.00000576. The van der Waals surface area contributed by atoms with Crippen LogP contribution in [0.4, 0.5) is 0 Å². The van der Waals surface area contributed by atoms with Gasteiger partial charge in [-0.3, -0.25) is 14.7 Å². The fourth-order valence-corrected chi connectivity index (χ4v) is 2.85. The number of nitrogens with one attached hydrogen (secondary N) is 2. The van der Waals surface area contributed by atoms with Crippen molar-refractivity contribution in [1.29, 1.82) is 0 Å². The Morgan fingerprint density at radius 2 is 1.80 bits per heavy atom. The average Bonchev–Trinajstić information content (AvgIpc) is 2.57. The maximum absolute atomic E-state index is 11.8. The molecule has 0 aromatic heterocycles. The molecule has 1 aliphatic rings. The minimum absolute atomic E-state index is 0. The van der Waals surface area contributed by atoms with Crippen molar-refractivity contribution in [2.45, 2.75) is 52.5 Å². The Hall–Kier alpha value is -0.570. The molecule has 0 spiro atoms. The van der Waals surface area contributed by atoms with Gasteiger partial charge in [0.1, 0.15) is 0 Å². The molecule has 0 radical (unpaired) electrons. The van der Waals surface area contributed by atoms with E-state index in [1.165, 1.54) is 12.8 Å². The van der Waals surface area contributed by atoms with Gasteiger partial charge in [-0.1, -0.05) is 26.7 Å². The lowest BCUT2D eigenvalue weighted by Gasteiger charge is -2.33. The number of piperidine rings is 1. The molecule has 1 amide bonds. The molecule has 148 valence electrons. The summed E-state index contributed by atoms with van der Waals surface area (Å²) in [6, 6.07) is 0.440. The molecule has 0 unspecified atom stereocenters. The lowest BCUT2D eigenvalue weighted by molar-refractivity contribution is -0.130. The Bertz CT molecular complexity index is 391. The molecule has 2 N–H and O–H groups in total. The summed E-state index contributed by atoms with van der Waals surface area (Å²) in [6.07, 6.45) is 4.46. The van der Waals surface area contributed by atoms with E-state index in [0.29, 0.717) is 18.5 Å². The summed E-state index contributed by atoms with van der Waals surface area (Å²) >= 11 is 0.